The van der Waals surface area contributed by atoms with Crippen LogP contribution < -0.4 is 5.32 Å². The van der Waals surface area contributed by atoms with Crippen LogP contribution in [0.15, 0.2) is 54.2 Å². The number of hydrogen-bond acceptors (Lipinski definition) is 6. The number of alkyl halides is 3. The lowest BCUT2D eigenvalue weighted by Crippen LogP contribution is -2.35. The molecular weight excluding hydrogens is 467 g/mol. The highest BCUT2D eigenvalue weighted by molar-refractivity contribution is 7.14. The Morgan fingerprint density at radius 2 is 1.97 bits per heavy atom. The fourth-order valence-electron chi connectivity index (χ4n) is 3.77. The number of pyridine rings is 1. The SMILES string of the molecule is O=C(Nc1nc(CN2CCOCC2)cs1)c1cccn2cc(-c3cccc(C(F)(F)F)c3)nc12. The van der Waals surface area contributed by atoms with Crippen LogP contribution in [-0.4, -0.2) is 51.5 Å². The number of anilines is 1. The van der Waals surface area contributed by atoms with Gasteiger partial charge in [-0.3, -0.25) is 15.0 Å². The topological polar surface area (TPSA) is 71.8 Å². The van der Waals surface area contributed by atoms with Crippen molar-refractivity contribution in [1.29, 1.82) is 0 Å². The minimum absolute atomic E-state index is 0.297. The first kappa shape index (κ1) is 22.5. The van der Waals surface area contributed by atoms with Gasteiger partial charge in [-0.05, 0) is 24.3 Å². The van der Waals surface area contributed by atoms with Crippen LogP contribution in [0.5, 0.6) is 0 Å². The molecule has 7 nitrogen and oxygen atoms in total. The number of carbonyl (C=O) groups excluding carboxylic acids is 1. The van der Waals surface area contributed by atoms with Gasteiger partial charge in [0.25, 0.3) is 5.91 Å². The number of benzene rings is 1. The monoisotopic (exact) mass is 487 g/mol. The largest absolute Gasteiger partial charge is 0.416 e. The predicted molar refractivity (Wildman–Crippen MR) is 122 cm³/mol. The van der Waals surface area contributed by atoms with E-state index in [0.29, 0.717) is 47.4 Å². The van der Waals surface area contributed by atoms with Crippen molar-refractivity contribution in [3.8, 4) is 11.3 Å². The number of aromatic nitrogens is 3. The zero-order valence-electron chi connectivity index (χ0n) is 17.9. The number of halogens is 3. The summed E-state index contributed by atoms with van der Waals surface area (Å²) in [5, 5.41) is 5.19. The Bertz CT molecular complexity index is 1330. The molecule has 4 aromatic rings. The van der Waals surface area contributed by atoms with Crippen LogP contribution in [0.3, 0.4) is 0 Å². The Morgan fingerprint density at radius 3 is 2.76 bits per heavy atom. The average Bonchev–Trinajstić information content (AvgIpc) is 3.46. The molecule has 0 saturated carbocycles. The van der Waals surface area contributed by atoms with E-state index in [0.717, 1.165) is 30.9 Å². The molecule has 176 valence electrons. The lowest BCUT2D eigenvalue weighted by molar-refractivity contribution is -0.137. The molecule has 0 atom stereocenters. The highest BCUT2D eigenvalue weighted by atomic mass is 32.1. The molecule has 3 aromatic heterocycles. The van der Waals surface area contributed by atoms with Crippen LogP contribution in [0.2, 0.25) is 0 Å². The van der Waals surface area contributed by atoms with Crippen molar-refractivity contribution in [1.82, 2.24) is 19.3 Å². The second-order valence-electron chi connectivity index (χ2n) is 7.84. The molecule has 1 amide bonds. The van der Waals surface area contributed by atoms with Crippen molar-refractivity contribution in [2.24, 2.45) is 0 Å². The van der Waals surface area contributed by atoms with Gasteiger partial charge in [0.1, 0.15) is 5.65 Å². The molecule has 11 heteroatoms. The smallest absolute Gasteiger partial charge is 0.379 e. The van der Waals surface area contributed by atoms with E-state index in [1.807, 2.05) is 5.38 Å². The maximum absolute atomic E-state index is 13.1. The Labute approximate surface area is 196 Å². The second kappa shape index (κ2) is 9.16. The molecular formula is C23H20F3N5O2S. The van der Waals surface area contributed by atoms with E-state index < -0.39 is 11.7 Å². The number of carbonyl (C=O) groups is 1. The van der Waals surface area contributed by atoms with E-state index >= 15 is 0 Å². The summed E-state index contributed by atoms with van der Waals surface area (Å²) in [4.78, 5) is 24.2. The Morgan fingerprint density at radius 1 is 1.15 bits per heavy atom. The van der Waals surface area contributed by atoms with E-state index in [4.69, 9.17) is 4.74 Å². The molecule has 1 aliphatic rings. The third-order valence-electron chi connectivity index (χ3n) is 5.47. The summed E-state index contributed by atoms with van der Waals surface area (Å²) in [5.41, 5.74) is 1.42. The Kier molecular flexibility index (Phi) is 6.07. The average molecular weight is 488 g/mol. The number of hydrogen-bond donors (Lipinski definition) is 1. The van der Waals surface area contributed by atoms with E-state index in [1.54, 1.807) is 35.0 Å². The van der Waals surface area contributed by atoms with Crippen LogP contribution in [-0.2, 0) is 17.5 Å². The maximum atomic E-state index is 13.1. The number of imidazole rings is 1. The minimum atomic E-state index is -4.45. The summed E-state index contributed by atoms with van der Waals surface area (Å²) in [7, 11) is 0. The quantitative estimate of drug-likeness (QED) is 0.447. The van der Waals surface area contributed by atoms with Gasteiger partial charge >= 0.3 is 6.18 Å². The number of thiazole rings is 1. The van der Waals surface area contributed by atoms with Crippen LogP contribution >= 0.6 is 11.3 Å². The number of rotatable bonds is 5. The highest BCUT2D eigenvalue weighted by Crippen LogP contribution is 2.32. The first-order valence-electron chi connectivity index (χ1n) is 10.6. The third-order valence-corrected chi connectivity index (χ3v) is 6.28. The van der Waals surface area contributed by atoms with Crippen molar-refractivity contribution < 1.29 is 22.7 Å². The van der Waals surface area contributed by atoms with E-state index in [9.17, 15) is 18.0 Å². The third kappa shape index (κ3) is 4.81. The summed E-state index contributed by atoms with van der Waals surface area (Å²) in [5.74, 6) is -0.390. The van der Waals surface area contributed by atoms with Crippen molar-refractivity contribution in [2.75, 3.05) is 31.6 Å². The van der Waals surface area contributed by atoms with Crippen LogP contribution in [0.1, 0.15) is 21.6 Å². The van der Waals surface area contributed by atoms with Crippen molar-refractivity contribution in [3.63, 3.8) is 0 Å². The summed E-state index contributed by atoms with van der Waals surface area (Å²) in [6.45, 7) is 3.77. The summed E-state index contributed by atoms with van der Waals surface area (Å²) in [6, 6.07) is 8.27. The molecule has 0 spiro atoms. The van der Waals surface area contributed by atoms with Gasteiger partial charge in [0.05, 0.1) is 35.7 Å². The minimum Gasteiger partial charge on any atom is -0.379 e. The summed E-state index contributed by atoms with van der Waals surface area (Å²) < 4.78 is 46.3. The highest BCUT2D eigenvalue weighted by Gasteiger charge is 2.30. The number of nitrogens with zero attached hydrogens (tertiary/aromatic N) is 4. The molecule has 0 radical (unpaired) electrons. The first-order valence-corrected chi connectivity index (χ1v) is 11.5. The van der Waals surface area contributed by atoms with E-state index in [2.05, 4.69) is 20.2 Å². The molecule has 1 aliphatic heterocycles. The lowest BCUT2D eigenvalue weighted by atomic mass is 10.1. The fourth-order valence-corrected chi connectivity index (χ4v) is 4.47. The molecule has 0 unspecified atom stereocenters. The molecule has 34 heavy (non-hydrogen) atoms. The summed E-state index contributed by atoms with van der Waals surface area (Å²) >= 11 is 1.34. The second-order valence-corrected chi connectivity index (χ2v) is 8.70. The van der Waals surface area contributed by atoms with Crippen LogP contribution in [0.4, 0.5) is 18.3 Å². The fraction of sp³-hybridized carbons (Fsp3) is 0.261. The molecule has 4 heterocycles. The van der Waals surface area contributed by atoms with Gasteiger partial charge in [-0.15, -0.1) is 11.3 Å². The molecule has 1 N–H and O–H groups in total. The van der Waals surface area contributed by atoms with Crippen molar-refractivity contribution in [3.05, 3.63) is 71.0 Å². The number of fused-ring (bicyclic) bond motifs is 1. The molecule has 1 saturated heterocycles. The van der Waals surface area contributed by atoms with Crippen molar-refractivity contribution in [2.45, 2.75) is 12.7 Å². The van der Waals surface area contributed by atoms with Gasteiger partial charge in [-0.25, -0.2) is 9.97 Å². The van der Waals surface area contributed by atoms with E-state index in [-0.39, 0.29) is 5.91 Å². The standard InChI is InChI=1S/C23H20F3N5O2S/c24-23(25,26)16-4-1-3-15(11-16)19-13-31-6-2-5-18(20(31)28-19)21(32)29-22-27-17(14-34-22)12-30-7-9-33-10-8-30/h1-6,11,13-14H,7-10,12H2,(H,27,29,32). The molecule has 5 rings (SSSR count). The number of ether oxygens (including phenoxy) is 1. The molecule has 1 aromatic carbocycles. The van der Waals surface area contributed by atoms with Crippen molar-refractivity contribution >= 4 is 28.0 Å². The maximum Gasteiger partial charge on any atom is 0.416 e. The predicted octanol–water partition coefficient (Wildman–Crippen LogP) is 4.56. The zero-order valence-corrected chi connectivity index (χ0v) is 18.7. The molecule has 0 bridgehead atoms. The summed E-state index contributed by atoms with van der Waals surface area (Å²) in [6.07, 6.45) is -1.15. The first-order chi connectivity index (χ1) is 16.4. The Balaban J connectivity index is 1.36. The molecule has 1 fully saturated rings. The van der Waals surface area contributed by atoms with Crippen LogP contribution in [0.25, 0.3) is 16.9 Å². The number of nitrogens with one attached hydrogen (secondary N) is 1. The van der Waals surface area contributed by atoms with Gasteiger partial charge in [-0.2, -0.15) is 13.2 Å². The van der Waals surface area contributed by atoms with E-state index in [1.165, 1.54) is 17.4 Å². The van der Waals surface area contributed by atoms with Crippen LogP contribution in [0, 0.1) is 0 Å². The zero-order chi connectivity index (χ0) is 23.7. The van der Waals surface area contributed by atoms with Gasteiger partial charge in [0.2, 0.25) is 0 Å². The van der Waals surface area contributed by atoms with Gasteiger partial charge in [0, 0.05) is 43.0 Å². The lowest BCUT2D eigenvalue weighted by Gasteiger charge is -2.25. The van der Waals surface area contributed by atoms with Gasteiger partial charge in [-0.1, -0.05) is 12.1 Å². The normalized spacial score (nSPS) is 15.0. The molecule has 0 aliphatic carbocycles. The van der Waals surface area contributed by atoms with Gasteiger partial charge < -0.3 is 9.14 Å². The van der Waals surface area contributed by atoms with Gasteiger partial charge in [0.15, 0.2) is 5.13 Å². The Hall–Kier alpha value is -3.28. The number of amides is 1. The number of morpholine rings is 1.